The van der Waals surface area contributed by atoms with Crippen LogP contribution in [0.1, 0.15) is 43.5 Å². The molecule has 92 valence electrons. The quantitative estimate of drug-likeness (QED) is 0.707. The number of ketones is 1. The highest BCUT2D eigenvalue weighted by molar-refractivity contribution is 5.93. The summed E-state index contributed by atoms with van der Waals surface area (Å²) in [5.41, 5.74) is 0.691. The smallest absolute Gasteiger partial charge is 0.161 e. The molecule has 2 rings (SSSR count). The Morgan fingerprint density at radius 1 is 1.47 bits per heavy atom. The molecule has 0 radical (unpaired) electrons. The van der Waals surface area contributed by atoms with E-state index in [2.05, 4.69) is 16.8 Å². The van der Waals surface area contributed by atoms with Crippen molar-refractivity contribution in [1.82, 2.24) is 4.98 Å². The minimum absolute atomic E-state index is 0.0771. The van der Waals surface area contributed by atoms with Crippen molar-refractivity contribution in [1.29, 1.82) is 0 Å². The molecule has 0 spiro atoms. The molecule has 0 aliphatic heterocycles. The number of hydrogen-bond acceptors (Lipinski definition) is 3. The Morgan fingerprint density at radius 2 is 2.24 bits per heavy atom. The normalized spacial score (nSPS) is 14.7. The third kappa shape index (κ3) is 3.29. The molecule has 0 N–H and O–H groups in total. The van der Waals surface area contributed by atoms with E-state index in [1.54, 1.807) is 13.1 Å². The fourth-order valence-electron chi connectivity index (χ4n) is 1.96. The first-order valence-corrected chi connectivity index (χ1v) is 6.42. The lowest BCUT2D eigenvalue weighted by atomic mass is 10.2. The zero-order chi connectivity index (χ0) is 12.3. The number of aromatic nitrogens is 1. The fourth-order valence-corrected chi connectivity index (χ4v) is 1.96. The summed E-state index contributed by atoms with van der Waals surface area (Å²) in [6, 6.07) is 3.84. The van der Waals surface area contributed by atoms with Gasteiger partial charge in [-0.25, -0.2) is 4.98 Å². The SMILES string of the molecule is CCCN(CC1CC1)c1ccc(C(C)=O)cn1. The fraction of sp³-hybridized carbons (Fsp3) is 0.571. The third-order valence-electron chi connectivity index (χ3n) is 3.15. The molecular formula is C14H20N2O. The monoisotopic (exact) mass is 232 g/mol. The zero-order valence-electron chi connectivity index (χ0n) is 10.6. The van der Waals surface area contributed by atoms with Crippen molar-refractivity contribution in [2.24, 2.45) is 5.92 Å². The van der Waals surface area contributed by atoms with Gasteiger partial charge in [-0.05, 0) is 44.2 Å². The molecule has 1 saturated carbocycles. The molecule has 17 heavy (non-hydrogen) atoms. The molecule has 0 saturated heterocycles. The number of carbonyl (C=O) groups excluding carboxylic acids is 1. The molecule has 0 amide bonds. The summed E-state index contributed by atoms with van der Waals surface area (Å²) in [6.45, 7) is 5.91. The molecule has 1 aromatic heterocycles. The molecule has 0 bridgehead atoms. The summed E-state index contributed by atoms with van der Waals surface area (Å²) in [6.07, 6.45) is 5.52. The van der Waals surface area contributed by atoms with Crippen LogP contribution in [0.2, 0.25) is 0 Å². The van der Waals surface area contributed by atoms with Gasteiger partial charge in [0, 0.05) is 24.8 Å². The van der Waals surface area contributed by atoms with E-state index in [4.69, 9.17) is 0 Å². The molecule has 1 aliphatic carbocycles. The summed E-state index contributed by atoms with van der Waals surface area (Å²) in [7, 11) is 0. The standard InChI is InChI=1S/C14H20N2O/c1-3-8-16(10-12-4-5-12)14-7-6-13(9-15-14)11(2)17/h6-7,9,12H,3-5,8,10H2,1-2H3. The van der Waals surface area contributed by atoms with E-state index >= 15 is 0 Å². The maximum atomic E-state index is 11.2. The molecule has 0 atom stereocenters. The number of rotatable bonds is 6. The summed E-state index contributed by atoms with van der Waals surface area (Å²) in [5, 5.41) is 0. The van der Waals surface area contributed by atoms with Crippen LogP contribution in [0.5, 0.6) is 0 Å². The van der Waals surface area contributed by atoms with E-state index in [0.717, 1.165) is 31.2 Å². The predicted octanol–water partition coefficient (Wildman–Crippen LogP) is 2.91. The average molecular weight is 232 g/mol. The number of Topliss-reactive ketones (excluding diaryl/α,β-unsaturated/α-hetero) is 1. The van der Waals surface area contributed by atoms with E-state index in [0.29, 0.717) is 5.56 Å². The van der Waals surface area contributed by atoms with Crippen molar-refractivity contribution < 1.29 is 4.79 Å². The van der Waals surface area contributed by atoms with Crippen molar-refractivity contribution >= 4 is 11.6 Å². The van der Waals surface area contributed by atoms with Gasteiger partial charge in [0.05, 0.1) is 0 Å². The van der Waals surface area contributed by atoms with Gasteiger partial charge in [-0.3, -0.25) is 4.79 Å². The lowest BCUT2D eigenvalue weighted by molar-refractivity contribution is 0.101. The second-order valence-corrected chi connectivity index (χ2v) is 4.85. The Bertz CT molecular complexity index is 382. The Morgan fingerprint density at radius 3 is 2.71 bits per heavy atom. The summed E-state index contributed by atoms with van der Waals surface area (Å²) >= 11 is 0. The Labute approximate surface area is 103 Å². The first kappa shape index (κ1) is 12.1. The van der Waals surface area contributed by atoms with Crippen molar-refractivity contribution in [3.63, 3.8) is 0 Å². The molecular weight excluding hydrogens is 212 g/mol. The van der Waals surface area contributed by atoms with Gasteiger partial charge in [0.15, 0.2) is 5.78 Å². The van der Waals surface area contributed by atoms with Gasteiger partial charge in [0.25, 0.3) is 0 Å². The molecule has 1 aromatic rings. The average Bonchev–Trinajstić information content (AvgIpc) is 3.13. The number of anilines is 1. The van der Waals surface area contributed by atoms with E-state index in [9.17, 15) is 4.79 Å². The zero-order valence-corrected chi connectivity index (χ0v) is 10.6. The lowest BCUT2D eigenvalue weighted by Gasteiger charge is -2.23. The molecule has 1 heterocycles. The van der Waals surface area contributed by atoms with Crippen LogP contribution in [-0.2, 0) is 0 Å². The minimum atomic E-state index is 0.0771. The van der Waals surface area contributed by atoms with E-state index in [1.165, 1.54) is 12.8 Å². The number of nitrogens with zero attached hydrogens (tertiary/aromatic N) is 2. The van der Waals surface area contributed by atoms with Crippen molar-refractivity contribution in [2.45, 2.75) is 33.1 Å². The number of pyridine rings is 1. The van der Waals surface area contributed by atoms with Crippen LogP contribution < -0.4 is 4.90 Å². The molecule has 1 fully saturated rings. The number of hydrogen-bond donors (Lipinski definition) is 0. The van der Waals surface area contributed by atoms with Crippen molar-refractivity contribution in [3.05, 3.63) is 23.9 Å². The highest BCUT2D eigenvalue weighted by Gasteiger charge is 2.24. The Balaban J connectivity index is 2.08. The molecule has 3 heteroatoms. The Hall–Kier alpha value is -1.38. The minimum Gasteiger partial charge on any atom is -0.356 e. The van der Waals surface area contributed by atoms with Gasteiger partial charge in [-0.15, -0.1) is 0 Å². The largest absolute Gasteiger partial charge is 0.356 e. The van der Waals surface area contributed by atoms with E-state index in [1.807, 2.05) is 12.1 Å². The maximum Gasteiger partial charge on any atom is 0.161 e. The van der Waals surface area contributed by atoms with Gasteiger partial charge >= 0.3 is 0 Å². The highest BCUT2D eigenvalue weighted by atomic mass is 16.1. The first-order valence-electron chi connectivity index (χ1n) is 6.42. The van der Waals surface area contributed by atoms with Gasteiger partial charge < -0.3 is 4.90 Å². The molecule has 1 aliphatic rings. The third-order valence-corrected chi connectivity index (χ3v) is 3.15. The van der Waals surface area contributed by atoms with Crippen LogP contribution in [0.4, 0.5) is 5.82 Å². The topological polar surface area (TPSA) is 33.2 Å². The van der Waals surface area contributed by atoms with Gasteiger partial charge in [-0.2, -0.15) is 0 Å². The number of carbonyl (C=O) groups is 1. The second-order valence-electron chi connectivity index (χ2n) is 4.85. The van der Waals surface area contributed by atoms with E-state index < -0.39 is 0 Å². The van der Waals surface area contributed by atoms with Crippen LogP contribution in [-0.4, -0.2) is 23.9 Å². The van der Waals surface area contributed by atoms with Crippen LogP contribution in [0.25, 0.3) is 0 Å². The Kier molecular flexibility index (Phi) is 3.77. The van der Waals surface area contributed by atoms with Gasteiger partial charge in [0.2, 0.25) is 0 Å². The van der Waals surface area contributed by atoms with Crippen molar-refractivity contribution in [2.75, 3.05) is 18.0 Å². The van der Waals surface area contributed by atoms with Gasteiger partial charge in [0.1, 0.15) is 5.82 Å². The second kappa shape index (κ2) is 5.30. The van der Waals surface area contributed by atoms with E-state index in [-0.39, 0.29) is 5.78 Å². The highest BCUT2D eigenvalue weighted by Crippen LogP contribution is 2.31. The van der Waals surface area contributed by atoms with Crippen LogP contribution in [0.15, 0.2) is 18.3 Å². The van der Waals surface area contributed by atoms with Gasteiger partial charge in [-0.1, -0.05) is 6.92 Å². The van der Waals surface area contributed by atoms with Crippen LogP contribution in [0, 0.1) is 5.92 Å². The first-order chi connectivity index (χ1) is 8.20. The molecule has 0 aromatic carbocycles. The lowest BCUT2D eigenvalue weighted by Crippen LogP contribution is -2.27. The maximum absolute atomic E-state index is 11.2. The van der Waals surface area contributed by atoms with Crippen LogP contribution in [0.3, 0.4) is 0 Å². The molecule has 0 unspecified atom stereocenters. The summed E-state index contributed by atoms with van der Waals surface area (Å²) < 4.78 is 0. The summed E-state index contributed by atoms with van der Waals surface area (Å²) in [5.74, 6) is 1.94. The predicted molar refractivity (Wildman–Crippen MR) is 69.5 cm³/mol. The summed E-state index contributed by atoms with van der Waals surface area (Å²) in [4.78, 5) is 17.9. The molecule has 3 nitrogen and oxygen atoms in total. The van der Waals surface area contributed by atoms with Crippen LogP contribution >= 0.6 is 0 Å². The van der Waals surface area contributed by atoms with Crippen molar-refractivity contribution in [3.8, 4) is 0 Å².